The predicted octanol–water partition coefficient (Wildman–Crippen LogP) is 6.38. The predicted molar refractivity (Wildman–Crippen MR) is 135 cm³/mol. The van der Waals surface area contributed by atoms with E-state index in [1.807, 2.05) is 92.7 Å². The van der Waals surface area contributed by atoms with E-state index in [0.717, 1.165) is 22.4 Å². The molecule has 4 rings (SSSR count). The molecule has 0 radical (unpaired) electrons. The normalized spacial score (nSPS) is 14.8. The maximum Gasteiger partial charge on any atom is 0.270 e. The second kappa shape index (κ2) is 10.0. The van der Waals surface area contributed by atoms with Crippen molar-refractivity contribution in [3.8, 4) is 11.5 Å². The molecule has 0 saturated carbocycles. The van der Waals surface area contributed by atoms with Crippen LogP contribution in [0.1, 0.15) is 23.6 Å². The van der Waals surface area contributed by atoms with Gasteiger partial charge in [-0.05, 0) is 54.8 Å². The number of para-hydroxylation sites is 1. The van der Waals surface area contributed by atoms with Crippen LogP contribution in [0.3, 0.4) is 0 Å². The fourth-order valence-electron chi connectivity index (χ4n) is 3.38. The van der Waals surface area contributed by atoms with E-state index in [-0.39, 0.29) is 5.91 Å². The molecule has 4 nitrogen and oxygen atoms in total. The van der Waals surface area contributed by atoms with Gasteiger partial charge in [-0.2, -0.15) is 0 Å². The Balaban J connectivity index is 1.57. The highest BCUT2D eigenvalue weighted by molar-refractivity contribution is 8.27. The van der Waals surface area contributed by atoms with Crippen LogP contribution >= 0.6 is 24.0 Å². The van der Waals surface area contributed by atoms with Gasteiger partial charge in [-0.3, -0.25) is 9.69 Å². The first kappa shape index (κ1) is 22.1. The molecule has 1 aliphatic rings. The minimum atomic E-state index is -0.114. The summed E-state index contributed by atoms with van der Waals surface area (Å²) in [5.74, 6) is 1.20. The van der Waals surface area contributed by atoms with Gasteiger partial charge < -0.3 is 9.47 Å². The lowest BCUT2D eigenvalue weighted by Gasteiger charge is -2.16. The third-order valence-electron chi connectivity index (χ3n) is 4.95. The number of hydrogen-bond acceptors (Lipinski definition) is 5. The van der Waals surface area contributed by atoms with Crippen molar-refractivity contribution >= 4 is 46.0 Å². The van der Waals surface area contributed by atoms with E-state index in [0.29, 0.717) is 33.9 Å². The van der Waals surface area contributed by atoms with Crippen LogP contribution in [0.5, 0.6) is 11.5 Å². The number of carbonyl (C=O) groups excluding carboxylic acids is 1. The Morgan fingerprint density at radius 2 is 1.72 bits per heavy atom. The number of rotatable bonds is 7. The maximum absolute atomic E-state index is 13.1. The van der Waals surface area contributed by atoms with E-state index in [9.17, 15) is 4.79 Å². The summed E-state index contributed by atoms with van der Waals surface area (Å²) in [6.07, 6.45) is 1.85. The average Bonchev–Trinajstić information content (AvgIpc) is 3.07. The molecular weight excluding hydrogens is 438 g/mol. The maximum atomic E-state index is 13.1. The molecule has 0 spiro atoms. The van der Waals surface area contributed by atoms with E-state index < -0.39 is 0 Å². The number of nitrogens with zero attached hydrogens (tertiary/aromatic N) is 1. The largest absolute Gasteiger partial charge is 0.490 e. The highest BCUT2D eigenvalue weighted by atomic mass is 32.2. The molecule has 1 heterocycles. The second-order valence-corrected chi connectivity index (χ2v) is 8.89. The van der Waals surface area contributed by atoms with Crippen LogP contribution in [0.4, 0.5) is 5.69 Å². The summed E-state index contributed by atoms with van der Waals surface area (Å²) in [6, 6.07) is 23.4. The Morgan fingerprint density at radius 3 is 2.47 bits per heavy atom. The van der Waals surface area contributed by atoms with Gasteiger partial charge in [0.15, 0.2) is 15.8 Å². The summed E-state index contributed by atoms with van der Waals surface area (Å²) >= 11 is 6.81. The Morgan fingerprint density at radius 1 is 0.969 bits per heavy atom. The van der Waals surface area contributed by atoms with Gasteiger partial charge in [0.05, 0.1) is 17.2 Å². The number of thiocarbonyl (C=S) groups is 1. The van der Waals surface area contributed by atoms with E-state index in [2.05, 4.69) is 0 Å². The van der Waals surface area contributed by atoms with Crippen LogP contribution in [0.15, 0.2) is 77.7 Å². The van der Waals surface area contributed by atoms with Gasteiger partial charge in [-0.25, -0.2) is 0 Å². The lowest BCUT2D eigenvalue weighted by atomic mass is 10.1. The molecule has 6 heteroatoms. The van der Waals surface area contributed by atoms with Gasteiger partial charge in [0.1, 0.15) is 6.61 Å². The van der Waals surface area contributed by atoms with Crippen molar-refractivity contribution in [1.82, 2.24) is 0 Å². The van der Waals surface area contributed by atoms with Gasteiger partial charge in [-0.15, -0.1) is 0 Å². The van der Waals surface area contributed by atoms with Crippen LogP contribution in [-0.2, 0) is 11.4 Å². The van der Waals surface area contributed by atoms with Crippen molar-refractivity contribution in [3.63, 3.8) is 0 Å². The molecular formula is C26H23NO3S2. The zero-order valence-corrected chi connectivity index (χ0v) is 19.5. The van der Waals surface area contributed by atoms with Crippen molar-refractivity contribution in [2.24, 2.45) is 0 Å². The minimum Gasteiger partial charge on any atom is -0.490 e. The number of ether oxygens (including phenoxy) is 2. The van der Waals surface area contributed by atoms with Gasteiger partial charge in [0, 0.05) is 0 Å². The topological polar surface area (TPSA) is 38.8 Å². The Bertz CT molecular complexity index is 1170. The van der Waals surface area contributed by atoms with Crippen molar-refractivity contribution < 1.29 is 14.3 Å². The third-order valence-corrected chi connectivity index (χ3v) is 6.25. The smallest absolute Gasteiger partial charge is 0.270 e. The first-order chi connectivity index (χ1) is 15.6. The van der Waals surface area contributed by atoms with E-state index in [4.69, 9.17) is 21.7 Å². The van der Waals surface area contributed by atoms with Gasteiger partial charge in [0.25, 0.3) is 5.91 Å². The number of aryl methyl sites for hydroxylation is 1. The molecule has 1 fully saturated rings. The number of carbonyl (C=O) groups is 1. The molecule has 0 atom stereocenters. The number of anilines is 1. The molecule has 3 aromatic rings. The molecule has 162 valence electrons. The SMILES string of the molecule is CCOc1cc(C=C2SC(=S)N(c3ccccc3C)C2=O)ccc1OCc1ccccc1. The summed E-state index contributed by atoms with van der Waals surface area (Å²) < 4.78 is 12.3. The first-order valence-electron chi connectivity index (χ1n) is 10.3. The Kier molecular flexibility index (Phi) is 6.93. The van der Waals surface area contributed by atoms with Crippen molar-refractivity contribution in [1.29, 1.82) is 0 Å². The molecule has 0 bridgehead atoms. The average molecular weight is 462 g/mol. The molecule has 1 aliphatic heterocycles. The second-order valence-electron chi connectivity index (χ2n) is 7.22. The minimum absolute atomic E-state index is 0.114. The molecule has 0 aromatic heterocycles. The number of benzene rings is 3. The van der Waals surface area contributed by atoms with Crippen LogP contribution < -0.4 is 14.4 Å². The van der Waals surface area contributed by atoms with Crippen molar-refractivity contribution in [3.05, 3.63) is 94.4 Å². The molecule has 0 aliphatic carbocycles. The van der Waals surface area contributed by atoms with Crippen LogP contribution in [0, 0.1) is 6.92 Å². The molecule has 3 aromatic carbocycles. The fourth-order valence-corrected chi connectivity index (χ4v) is 4.66. The van der Waals surface area contributed by atoms with E-state index in [1.165, 1.54) is 11.8 Å². The van der Waals surface area contributed by atoms with Crippen LogP contribution in [0.2, 0.25) is 0 Å². The number of thioether (sulfide) groups is 1. The van der Waals surface area contributed by atoms with Gasteiger partial charge in [-0.1, -0.05) is 78.6 Å². The first-order valence-corrected chi connectivity index (χ1v) is 11.6. The summed E-state index contributed by atoms with van der Waals surface area (Å²) in [5, 5.41) is 0. The number of hydrogen-bond donors (Lipinski definition) is 0. The van der Waals surface area contributed by atoms with Crippen LogP contribution in [-0.4, -0.2) is 16.8 Å². The molecule has 0 unspecified atom stereocenters. The summed E-state index contributed by atoms with van der Waals surface area (Å²) in [6.45, 7) is 4.87. The Labute approximate surface area is 197 Å². The lowest BCUT2D eigenvalue weighted by molar-refractivity contribution is -0.113. The zero-order valence-electron chi connectivity index (χ0n) is 17.9. The molecule has 1 saturated heterocycles. The molecule has 0 N–H and O–H groups in total. The number of amides is 1. The molecule has 32 heavy (non-hydrogen) atoms. The Hall–Kier alpha value is -3.09. The molecule has 1 amide bonds. The lowest BCUT2D eigenvalue weighted by Crippen LogP contribution is -2.28. The summed E-state index contributed by atoms with van der Waals surface area (Å²) in [7, 11) is 0. The van der Waals surface area contributed by atoms with E-state index in [1.54, 1.807) is 4.90 Å². The zero-order chi connectivity index (χ0) is 22.5. The van der Waals surface area contributed by atoms with Crippen molar-refractivity contribution in [2.45, 2.75) is 20.5 Å². The fraction of sp³-hybridized carbons (Fsp3) is 0.154. The highest BCUT2D eigenvalue weighted by Gasteiger charge is 2.34. The monoisotopic (exact) mass is 461 g/mol. The summed E-state index contributed by atoms with van der Waals surface area (Å²) in [5.41, 5.74) is 3.76. The third kappa shape index (κ3) is 4.87. The van der Waals surface area contributed by atoms with Crippen molar-refractivity contribution in [2.75, 3.05) is 11.5 Å². The quantitative estimate of drug-likeness (QED) is 0.302. The van der Waals surface area contributed by atoms with Gasteiger partial charge >= 0.3 is 0 Å². The van der Waals surface area contributed by atoms with E-state index >= 15 is 0 Å². The van der Waals surface area contributed by atoms with Gasteiger partial charge in [0.2, 0.25) is 0 Å². The summed E-state index contributed by atoms with van der Waals surface area (Å²) in [4.78, 5) is 15.3. The standard InChI is InChI=1S/C26H23NO3S2/c1-3-29-23-15-20(13-14-22(23)30-17-19-10-5-4-6-11-19)16-24-25(28)27(26(31)32-24)21-12-8-7-9-18(21)2/h4-16H,3,17H2,1-2H3. The highest BCUT2D eigenvalue weighted by Crippen LogP contribution is 2.38. The van der Waals surface area contributed by atoms with Crippen LogP contribution in [0.25, 0.3) is 6.08 Å².